The Morgan fingerprint density at radius 3 is 1.74 bits per heavy atom. The highest BCUT2D eigenvalue weighted by Crippen LogP contribution is 2.43. The zero-order valence-electron chi connectivity index (χ0n) is 11.3. The summed E-state index contributed by atoms with van der Waals surface area (Å²) < 4.78 is 3.33. The molecule has 0 amide bonds. The quantitative estimate of drug-likeness (QED) is 0.243. The van der Waals surface area contributed by atoms with Gasteiger partial charge in [-0.2, -0.15) is 0 Å². The molecule has 0 saturated heterocycles. The van der Waals surface area contributed by atoms with Crippen LogP contribution in [0.25, 0.3) is 0 Å². The van der Waals surface area contributed by atoms with Crippen LogP contribution in [0.2, 0.25) is 0 Å². The number of carbonyl (C=O) groups is 2. The van der Waals surface area contributed by atoms with Gasteiger partial charge in [-0.25, -0.2) is 9.59 Å². The lowest BCUT2D eigenvalue weighted by Gasteiger charge is -2.10. The predicted molar refractivity (Wildman–Crippen MR) is 96.0 cm³/mol. The van der Waals surface area contributed by atoms with Crippen LogP contribution in [0, 0.1) is 0 Å². The summed E-state index contributed by atoms with van der Waals surface area (Å²) >= 11 is 22.1. The van der Waals surface area contributed by atoms with E-state index in [-0.39, 0.29) is 11.1 Å². The van der Waals surface area contributed by atoms with Crippen molar-refractivity contribution in [1.29, 1.82) is 0 Å². The summed E-state index contributed by atoms with van der Waals surface area (Å²) in [7, 11) is 0. The highest BCUT2D eigenvalue weighted by molar-refractivity contribution is 8.04. The van der Waals surface area contributed by atoms with Crippen LogP contribution in [-0.4, -0.2) is 15.1 Å². The third-order valence-corrected chi connectivity index (χ3v) is 4.34. The minimum Gasteiger partial charge on any atom is -0.386 e. The monoisotopic (exact) mass is 406 g/mol. The van der Waals surface area contributed by atoms with E-state index in [0.717, 1.165) is 11.8 Å². The summed E-state index contributed by atoms with van der Waals surface area (Å²) in [6.07, 6.45) is 0. The molecule has 3 nitrogen and oxygen atoms in total. The van der Waals surface area contributed by atoms with Crippen LogP contribution in [0.1, 0.15) is 20.7 Å². The summed E-state index contributed by atoms with van der Waals surface area (Å²) in [5, 5.41) is 0. The molecule has 0 unspecified atom stereocenters. The van der Waals surface area contributed by atoms with Crippen molar-refractivity contribution in [1.82, 2.24) is 0 Å². The van der Waals surface area contributed by atoms with Crippen molar-refractivity contribution in [3.8, 4) is 0 Å². The van der Waals surface area contributed by atoms with Crippen LogP contribution in [0.5, 0.6) is 0 Å². The van der Waals surface area contributed by atoms with Gasteiger partial charge in [0.05, 0.1) is 11.1 Å². The first-order valence-electron chi connectivity index (χ1n) is 6.16. The standard InChI is InChI=1S/C15H9Cl3O3S2/c16-15(17,18)23-12-7-3-10(4-8-12)14(20)21-13(19)9-1-5-11(22)6-2-9/h1-8,22H. The van der Waals surface area contributed by atoms with Crippen LogP contribution in [0.3, 0.4) is 0 Å². The molecule has 8 heteroatoms. The molecule has 0 aromatic heterocycles. The summed E-state index contributed by atoms with van der Waals surface area (Å²) in [5.41, 5.74) is 0.484. The first-order chi connectivity index (χ1) is 10.7. The van der Waals surface area contributed by atoms with Gasteiger partial charge in [0, 0.05) is 9.79 Å². The molecule has 0 N–H and O–H groups in total. The van der Waals surface area contributed by atoms with Crippen LogP contribution in [0.15, 0.2) is 58.3 Å². The Kier molecular flexibility index (Phi) is 6.28. The number of alkyl halides is 3. The number of halogens is 3. The number of hydrogen-bond acceptors (Lipinski definition) is 5. The van der Waals surface area contributed by atoms with E-state index in [2.05, 4.69) is 12.6 Å². The van der Waals surface area contributed by atoms with E-state index < -0.39 is 15.1 Å². The smallest absolute Gasteiger partial charge is 0.346 e. The molecular formula is C15H9Cl3O3S2. The molecule has 0 atom stereocenters. The van der Waals surface area contributed by atoms with Gasteiger partial charge < -0.3 is 4.74 Å². The minimum atomic E-state index is -1.49. The lowest BCUT2D eigenvalue weighted by atomic mass is 10.2. The van der Waals surface area contributed by atoms with E-state index in [1.54, 1.807) is 24.3 Å². The summed E-state index contributed by atoms with van der Waals surface area (Å²) in [6, 6.07) is 12.5. The SMILES string of the molecule is O=C(OC(=O)c1ccc(SC(Cl)(Cl)Cl)cc1)c1ccc(S)cc1. The van der Waals surface area contributed by atoms with Crippen LogP contribution in [-0.2, 0) is 4.74 Å². The number of thioether (sulfide) groups is 1. The average molecular weight is 408 g/mol. The number of thiol groups is 1. The van der Waals surface area contributed by atoms with Gasteiger partial charge in [0.1, 0.15) is 0 Å². The number of hydrogen-bond donors (Lipinski definition) is 1. The molecule has 2 aromatic carbocycles. The summed E-state index contributed by atoms with van der Waals surface area (Å²) in [4.78, 5) is 25.2. The van der Waals surface area contributed by atoms with Gasteiger partial charge in [0.25, 0.3) is 0 Å². The number of esters is 2. The fourth-order valence-corrected chi connectivity index (χ4v) is 3.08. The van der Waals surface area contributed by atoms with Crippen molar-refractivity contribution in [3.63, 3.8) is 0 Å². The highest BCUT2D eigenvalue weighted by atomic mass is 35.6. The van der Waals surface area contributed by atoms with Crippen molar-refractivity contribution in [3.05, 3.63) is 59.7 Å². The van der Waals surface area contributed by atoms with Crippen LogP contribution >= 0.6 is 59.2 Å². The molecule has 0 aliphatic heterocycles. The average Bonchev–Trinajstić information content (AvgIpc) is 2.46. The van der Waals surface area contributed by atoms with Crippen LogP contribution in [0.4, 0.5) is 0 Å². The van der Waals surface area contributed by atoms with Crippen molar-refractivity contribution in [2.75, 3.05) is 0 Å². The zero-order valence-corrected chi connectivity index (χ0v) is 15.3. The zero-order chi connectivity index (χ0) is 17.0. The van der Waals surface area contributed by atoms with E-state index in [1.165, 1.54) is 24.3 Å². The predicted octanol–water partition coefficient (Wildman–Crippen LogP) is 5.39. The third-order valence-electron chi connectivity index (χ3n) is 2.61. The van der Waals surface area contributed by atoms with Gasteiger partial charge in [-0.05, 0) is 48.5 Å². The van der Waals surface area contributed by atoms with Crippen molar-refractivity contribution in [2.24, 2.45) is 0 Å². The van der Waals surface area contributed by atoms with E-state index in [1.807, 2.05) is 0 Å². The largest absolute Gasteiger partial charge is 0.386 e. The Labute approximate surface area is 157 Å². The molecule has 0 aliphatic rings. The van der Waals surface area contributed by atoms with Crippen LogP contribution < -0.4 is 0 Å². The molecule has 0 heterocycles. The maximum atomic E-state index is 11.9. The van der Waals surface area contributed by atoms with E-state index in [0.29, 0.717) is 9.79 Å². The maximum absolute atomic E-state index is 11.9. The van der Waals surface area contributed by atoms with Gasteiger partial charge in [0.15, 0.2) is 0 Å². The topological polar surface area (TPSA) is 43.4 Å². The molecule has 0 bridgehead atoms. The Morgan fingerprint density at radius 2 is 1.30 bits per heavy atom. The Balaban J connectivity index is 2.03. The van der Waals surface area contributed by atoms with Gasteiger partial charge in [-0.3, -0.25) is 0 Å². The molecule has 120 valence electrons. The van der Waals surface area contributed by atoms with Crippen molar-refractivity contribution >= 4 is 71.1 Å². The molecule has 0 aliphatic carbocycles. The number of carbonyl (C=O) groups excluding carboxylic acids is 2. The Hall–Kier alpha value is -0.850. The molecular weight excluding hydrogens is 399 g/mol. The first kappa shape index (κ1) is 18.5. The fourth-order valence-electron chi connectivity index (χ4n) is 1.59. The molecule has 0 fully saturated rings. The number of ether oxygens (including phenoxy) is 1. The second-order valence-electron chi connectivity index (χ2n) is 4.30. The lowest BCUT2D eigenvalue weighted by Crippen LogP contribution is -2.12. The molecule has 0 saturated carbocycles. The highest BCUT2D eigenvalue weighted by Gasteiger charge is 2.21. The molecule has 2 rings (SSSR count). The van der Waals surface area contributed by atoms with Gasteiger partial charge in [-0.15, -0.1) is 12.6 Å². The first-order valence-corrected chi connectivity index (χ1v) is 8.56. The summed E-state index contributed by atoms with van der Waals surface area (Å²) in [6.45, 7) is 0. The van der Waals surface area contributed by atoms with Crippen molar-refractivity contribution < 1.29 is 14.3 Å². The maximum Gasteiger partial charge on any atom is 0.346 e. The normalized spacial score (nSPS) is 11.1. The van der Waals surface area contributed by atoms with Gasteiger partial charge >= 0.3 is 11.9 Å². The third kappa shape index (κ3) is 5.94. The minimum absolute atomic E-state index is 0.220. The van der Waals surface area contributed by atoms with E-state index in [9.17, 15) is 9.59 Å². The van der Waals surface area contributed by atoms with E-state index in [4.69, 9.17) is 39.5 Å². The number of benzene rings is 2. The Bertz CT molecular complexity index is 710. The number of rotatable bonds is 3. The molecule has 0 radical (unpaired) electrons. The Morgan fingerprint density at radius 1 is 0.870 bits per heavy atom. The lowest BCUT2D eigenvalue weighted by molar-refractivity contribution is 0.0397. The van der Waals surface area contributed by atoms with Gasteiger partial charge in [-0.1, -0.05) is 46.6 Å². The van der Waals surface area contributed by atoms with Crippen molar-refractivity contribution in [2.45, 2.75) is 12.9 Å². The molecule has 23 heavy (non-hydrogen) atoms. The van der Waals surface area contributed by atoms with E-state index >= 15 is 0 Å². The fraction of sp³-hybridized carbons (Fsp3) is 0.0667. The second-order valence-corrected chi connectivity index (χ2v) is 9.05. The molecule has 0 spiro atoms. The second kappa shape index (κ2) is 7.81. The summed E-state index contributed by atoms with van der Waals surface area (Å²) in [5.74, 6) is -1.49. The molecule has 2 aromatic rings. The van der Waals surface area contributed by atoms with Gasteiger partial charge in [0.2, 0.25) is 3.12 Å².